The number of amides is 1. The Hall–Kier alpha value is -2.50. The van der Waals surface area contributed by atoms with E-state index in [9.17, 15) is 26.0 Å². The summed E-state index contributed by atoms with van der Waals surface area (Å²) >= 11 is 0. The van der Waals surface area contributed by atoms with Crippen LogP contribution in [0.2, 0.25) is 0 Å². The van der Waals surface area contributed by atoms with E-state index in [4.69, 9.17) is 0 Å². The average Bonchev–Trinajstić information content (AvgIpc) is 2.73. The molecule has 11 heteroatoms. The van der Waals surface area contributed by atoms with Crippen LogP contribution in [0.15, 0.2) is 53.4 Å². The molecular formula is C20H24FN3O5S2. The fourth-order valence-corrected chi connectivity index (χ4v) is 5.37. The van der Waals surface area contributed by atoms with Crippen LogP contribution in [0.1, 0.15) is 12.8 Å². The van der Waals surface area contributed by atoms with Gasteiger partial charge in [0, 0.05) is 25.8 Å². The van der Waals surface area contributed by atoms with Crippen molar-refractivity contribution >= 4 is 37.3 Å². The second kappa shape index (κ2) is 8.93. The molecule has 168 valence electrons. The molecule has 0 bridgehead atoms. The van der Waals surface area contributed by atoms with E-state index in [0.717, 1.165) is 22.7 Å². The van der Waals surface area contributed by atoms with Gasteiger partial charge >= 0.3 is 0 Å². The smallest absolute Gasteiger partial charge is 0.243 e. The summed E-state index contributed by atoms with van der Waals surface area (Å²) in [5, 5.41) is 2.75. The summed E-state index contributed by atoms with van der Waals surface area (Å²) in [6, 6.07) is 11.0. The Morgan fingerprint density at radius 2 is 1.81 bits per heavy atom. The quantitative estimate of drug-likeness (QED) is 0.699. The molecule has 1 aliphatic rings. The number of piperidine rings is 1. The number of nitrogens with one attached hydrogen (secondary N) is 1. The van der Waals surface area contributed by atoms with Gasteiger partial charge in [-0.25, -0.2) is 21.2 Å². The van der Waals surface area contributed by atoms with Crippen LogP contribution < -0.4 is 9.62 Å². The third-order valence-electron chi connectivity index (χ3n) is 5.18. The highest BCUT2D eigenvalue weighted by Crippen LogP contribution is 2.26. The molecule has 0 radical (unpaired) electrons. The van der Waals surface area contributed by atoms with Crippen LogP contribution in [0, 0.1) is 11.7 Å². The number of benzene rings is 2. The van der Waals surface area contributed by atoms with Crippen LogP contribution in [-0.2, 0) is 24.8 Å². The van der Waals surface area contributed by atoms with Gasteiger partial charge in [0.25, 0.3) is 0 Å². The van der Waals surface area contributed by atoms with Crippen molar-refractivity contribution in [2.45, 2.75) is 17.7 Å². The van der Waals surface area contributed by atoms with Crippen molar-refractivity contribution in [3.8, 4) is 0 Å². The first-order chi connectivity index (χ1) is 14.5. The molecule has 0 spiro atoms. The first kappa shape index (κ1) is 23.2. The van der Waals surface area contributed by atoms with Crippen LogP contribution in [0.3, 0.4) is 0 Å². The molecule has 0 aliphatic carbocycles. The number of carbonyl (C=O) groups excluding carboxylic acids is 1. The Morgan fingerprint density at radius 3 is 2.45 bits per heavy atom. The highest BCUT2D eigenvalue weighted by molar-refractivity contribution is 7.92. The number of carbonyl (C=O) groups is 1. The van der Waals surface area contributed by atoms with E-state index in [1.165, 1.54) is 29.6 Å². The molecule has 1 fully saturated rings. The standard InChI is InChI=1S/C20H24FN3O5S2/c1-23(30(2,26)27)18-7-3-6-17(13-18)22-20(25)15-5-4-12-24(14-15)31(28,29)19-10-8-16(21)9-11-19/h3,6-11,13,15H,4-5,12,14H2,1-2H3,(H,22,25). The van der Waals surface area contributed by atoms with Gasteiger partial charge in [-0.05, 0) is 55.3 Å². The Kier molecular flexibility index (Phi) is 6.68. The fourth-order valence-electron chi connectivity index (χ4n) is 3.35. The molecule has 31 heavy (non-hydrogen) atoms. The van der Waals surface area contributed by atoms with Crippen LogP contribution in [0.25, 0.3) is 0 Å². The van der Waals surface area contributed by atoms with E-state index in [1.54, 1.807) is 18.2 Å². The summed E-state index contributed by atoms with van der Waals surface area (Å²) in [7, 11) is -5.88. The van der Waals surface area contributed by atoms with E-state index in [0.29, 0.717) is 24.2 Å². The minimum atomic E-state index is -3.84. The SMILES string of the molecule is CN(c1cccc(NC(=O)C2CCCN(S(=O)(=O)c3ccc(F)cc3)C2)c1)S(C)(=O)=O. The topological polar surface area (TPSA) is 104 Å². The van der Waals surface area contributed by atoms with Gasteiger partial charge in [0.15, 0.2) is 0 Å². The maximum atomic E-state index is 13.1. The van der Waals surface area contributed by atoms with Crippen molar-refractivity contribution in [1.82, 2.24) is 4.31 Å². The largest absolute Gasteiger partial charge is 0.326 e. The normalized spacial score (nSPS) is 17.8. The van der Waals surface area contributed by atoms with Gasteiger partial charge in [0.05, 0.1) is 22.8 Å². The minimum absolute atomic E-state index is 0.00841. The van der Waals surface area contributed by atoms with Crippen LogP contribution in [0.4, 0.5) is 15.8 Å². The Labute approximate surface area is 181 Å². The minimum Gasteiger partial charge on any atom is -0.326 e. The second-order valence-electron chi connectivity index (χ2n) is 7.43. The van der Waals surface area contributed by atoms with E-state index in [2.05, 4.69) is 5.32 Å². The molecule has 1 amide bonds. The van der Waals surface area contributed by atoms with Gasteiger partial charge in [-0.1, -0.05) is 6.07 Å². The summed E-state index contributed by atoms with van der Waals surface area (Å²) in [6.07, 6.45) is 2.11. The number of hydrogen-bond acceptors (Lipinski definition) is 5. The van der Waals surface area contributed by atoms with Gasteiger partial charge in [0.2, 0.25) is 26.0 Å². The molecule has 2 aromatic rings. The molecule has 1 heterocycles. The zero-order valence-corrected chi connectivity index (χ0v) is 18.8. The summed E-state index contributed by atoms with van der Waals surface area (Å²) in [5.41, 5.74) is 0.806. The zero-order chi connectivity index (χ0) is 22.8. The Balaban J connectivity index is 1.72. The average molecular weight is 470 g/mol. The maximum Gasteiger partial charge on any atom is 0.243 e. The van der Waals surface area contributed by atoms with Crippen molar-refractivity contribution in [3.63, 3.8) is 0 Å². The monoisotopic (exact) mass is 469 g/mol. The zero-order valence-electron chi connectivity index (χ0n) is 17.2. The lowest BCUT2D eigenvalue weighted by Gasteiger charge is -2.31. The third kappa shape index (κ3) is 5.41. The number of rotatable bonds is 6. The van der Waals surface area contributed by atoms with Crippen molar-refractivity contribution in [2.75, 3.05) is 36.0 Å². The van der Waals surface area contributed by atoms with E-state index >= 15 is 0 Å². The summed E-state index contributed by atoms with van der Waals surface area (Å²) in [5.74, 6) is -1.45. The highest BCUT2D eigenvalue weighted by atomic mass is 32.2. The molecule has 1 saturated heterocycles. The lowest BCUT2D eigenvalue weighted by Crippen LogP contribution is -2.43. The number of nitrogens with zero attached hydrogens (tertiary/aromatic N) is 2. The molecule has 1 N–H and O–H groups in total. The van der Waals surface area contributed by atoms with Crippen molar-refractivity contribution < 1.29 is 26.0 Å². The maximum absolute atomic E-state index is 13.1. The van der Waals surface area contributed by atoms with E-state index < -0.39 is 31.8 Å². The lowest BCUT2D eigenvalue weighted by molar-refractivity contribution is -0.120. The molecular weight excluding hydrogens is 445 g/mol. The van der Waals surface area contributed by atoms with Gasteiger partial charge in [-0.15, -0.1) is 0 Å². The molecule has 1 atom stereocenters. The highest BCUT2D eigenvalue weighted by Gasteiger charge is 2.33. The number of hydrogen-bond donors (Lipinski definition) is 1. The molecule has 3 rings (SSSR count). The Morgan fingerprint density at radius 1 is 1.13 bits per heavy atom. The van der Waals surface area contributed by atoms with Gasteiger partial charge in [-0.3, -0.25) is 9.10 Å². The number of halogens is 1. The van der Waals surface area contributed by atoms with Crippen molar-refractivity contribution in [3.05, 3.63) is 54.3 Å². The number of sulfonamides is 2. The number of anilines is 2. The van der Waals surface area contributed by atoms with E-state index in [-0.39, 0.29) is 23.9 Å². The predicted molar refractivity (Wildman–Crippen MR) is 116 cm³/mol. The third-order valence-corrected chi connectivity index (χ3v) is 8.27. The second-order valence-corrected chi connectivity index (χ2v) is 11.4. The first-order valence-electron chi connectivity index (χ1n) is 9.59. The van der Waals surface area contributed by atoms with Crippen LogP contribution >= 0.6 is 0 Å². The summed E-state index contributed by atoms with van der Waals surface area (Å²) in [6.45, 7) is 0.284. The van der Waals surface area contributed by atoms with Crippen LogP contribution in [-0.4, -0.2) is 53.4 Å². The Bertz CT molecular complexity index is 1170. The lowest BCUT2D eigenvalue weighted by atomic mass is 9.98. The van der Waals surface area contributed by atoms with Crippen molar-refractivity contribution in [2.24, 2.45) is 5.92 Å². The fraction of sp³-hybridized carbons (Fsp3) is 0.350. The van der Waals surface area contributed by atoms with Crippen LogP contribution in [0.5, 0.6) is 0 Å². The summed E-state index contributed by atoms with van der Waals surface area (Å²) in [4.78, 5) is 12.8. The van der Waals surface area contributed by atoms with Crippen molar-refractivity contribution in [1.29, 1.82) is 0 Å². The van der Waals surface area contributed by atoms with Gasteiger partial charge < -0.3 is 5.32 Å². The van der Waals surface area contributed by atoms with E-state index in [1.807, 2.05) is 0 Å². The molecule has 2 aromatic carbocycles. The molecule has 0 saturated carbocycles. The van der Waals surface area contributed by atoms with Gasteiger partial charge in [0.1, 0.15) is 5.82 Å². The first-order valence-corrected chi connectivity index (χ1v) is 12.9. The molecule has 1 aliphatic heterocycles. The molecule has 8 nitrogen and oxygen atoms in total. The molecule has 0 aromatic heterocycles. The summed E-state index contributed by atoms with van der Waals surface area (Å²) < 4.78 is 64.6. The van der Waals surface area contributed by atoms with Gasteiger partial charge in [-0.2, -0.15) is 4.31 Å². The molecule has 1 unspecified atom stereocenters. The predicted octanol–water partition coefficient (Wildman–Crippen LogP) is 2.26.